The fraction of sp³-hybridized carbons (Fsp3) is 0.267. The van der Waals surface area contributed by atoms with Crippen LogP contribution < -0.4 is 4.74 Å². The summed E-state index contributed by atoms with van der Waals surface area (Å²) in [5.41, 5.74) is 1.92. The van der Waals surface area contributed by atoms with Gasteiger partial charge in [0.05, 0.1) is 12.7 Å². The standard InChI is InChI=1S/C15H17NO3/c1-10(2)16-8-13(14(9-16)15(17)18)11-4-6-12(19-3)7-5-11/h4-10H,1-3H3,(H,17,18). The van der Waals surface area contributed by atoms with Crippen molar-refractivity contribution in [1.29, 1.82) is 0 Å². The largest absolute Gasteiger partial charge is 0.497 e. The lowest BCUT2D eigenvalue weighted by Gasteiger charge is -2.05. The number of carbonyl (C=O) groups is 1. The van der Waals surface area contributed by atoms with Gasteiger partial charge in [0.25, 0.3) is 0 Å². The molecule has 0 spiro atoms. The lowest BCUT2D eigenvalue weighted by atomic mass is 10.0. The van der Waals surface area contributed by atoms with Crippen molar-refractivity contribution in [1.82, 2.24) is 4.57 Å². The molecule has 0 saturated carbocycles. The fourth-order valence-electron chi connectivity index (χ4n) is 1.94. The van der Waals surface area contributed by atoms with Gasteiger partial charge in [-0.3, -0.25) is 0 Å². The van der Waals surface area contributed by atoms with Crippen molar-refractivity contribution in [3.8, 4) is 16.9 Å². The molecule has 0 bridgehead atoms. The third-order valence-corrected chi connectivity index (χ3v) is 3.07. The highest BCUT2D eigenvalue weighted by atomic mass is 16.5. The van der Waals surface area contributed by atoms with Crippen molar-refractivity contribution < 1.29 is 14.6 Å². The third kappa shape index (κ3) is 2.62. The lowest BCUT2D eigenvalue weighted by Crippen LogP contribution is -1.98. The number of ether oxygens (including phenoxy) is 1. The molecule has 4 nitrogen and oxygen atoms in total. The van der Waals surface area contributed by atoms with Gasteiger partial charge in [-0.2, -0.15) is 0 Å². The van der Waals surface area contributed by atoms with E-state index in [4.69, 9.17) is 4.74 Å². The normalized spacial score (nSPS) is 10.7. The topological polar surface area (TPSA) is 51.5 Å². The Morgan fingerprint density at radius 3 is 2.32 bits per heavy atom. The van der Waals surface area contributed by atoms with Crippen LogP contribution in [0.25, 0.3) is 11.1 Å². The molecule has 0 aliphatic rings. The Kier molecular flexibility index (Phi) is 3.60. The molecule has 0 aliphatic carbocycles. The van der Waals surface area contributed by atoms with Crippen molar-refractivity contribution in [3.05, 3.63) is 42.2 Å². The molecule has 1 heterocycles. The Labute approximate surface area is 112 Å². The number of hydrogen-bond donors (Lipinski definition) is 1. The van der Waals surface area contributed by atoms with Crippen LogP contribution >= 0.6 is 0 Å². The SMILES string of the molecule is COc1ccc(-c2cn(C(C)C)cc2C(=O)O)cc1. The van der Waals surface area contributed by atoms with Crippen LogP contribution in [0.1, 0.15) is 30.2 Å². The molecule has 19 heavy (non-hydrogen) atoms. The molecule has 1 aromatic heterocycles. The van der Waals surface area contributed by atoms with Gasteiger partial charge in [-0.05, 0) is 31.5 Å². The van der Waals surface area contributed by atoms with Crippen molar-refractivity contribution in [3.63, 3.8) is 0 Å². The Hall–Kier alpha value is -2.23. The highest BCUT2D eigenvalue weighted by Crippen LogP contribution is 2.28. The molecule has 0 unspecified atom stereocenters. The van der Waals surface area contributed by atoms with Crippen molar-refractivity contribution >= 4 is 5.97 Å². The van der Waals surface area contributed by atoms with Gasteiger partial charge < -0.3 is 14.4 Å². The van der Waals surface area contributed by atoms with E-state index in [2.05, 4.69) is 0 Å². The van der Waals surface area contributed by atoms with Crippen molar-refractivity contribution in [2.45, 2.75) is 19.9 Å². The summed E-state index contributed by atoms with van der Waals surface area (Å²) in [7, 11) is 1.60. The number of benzene rings is 1. The van der Waals surface area contributed by atoms with E-state index < -0.39 is 5.97 Å². The minimum absolute atomic E-state index is 0.227. The molecule has 1 aromatic carbocycles. The molecule has 100 valence electrons. The Balaban J connectivity index is 2.49. The second-order valence-electron chi connectivity index (χ2n) is 4.66. The summed E-state index contributed by atoms with van der Waals surface area (Å²) >= 11 is 0. The minimum atomic E-state index is -0.912. The number of carboxylic acids is 1. The molecule has 0 amide bonds. The van der Waals surface area contributed by atoms with Gasteiger partial charge >= 0.3 is 5.97 Å². The number of nitrogens with zero attached hydrogens (tertiary/aromatic N) is 1. The number of rotatable bonds is 4. The van der Waals surface area contributed by atoms with E-state index >= 15 is 0 Å². The minimum Gasteiger partial charge on any atom is -0.497 e. The predicted octanol–water partition coefficient (Wildman–Crippen LogP) is 3.44. The third-order valence-electron chi connectivity index (χ3n) is 3.07. The van der Waals surface area contributed by atoms with E-state index in [0.717, 1.165) is 16.9 Å². The molecular formula is C15H17NO3. The van der Waals surface area contributed by atoms with E-state index in [1.807, 2.05) is 48.9 Å². The zero-order chi connectivity index (χ0) is 14.0. The van der Waals surface area contributed by atoms with Crippen LogP contribution in [0, 0.1) is 0 Å². The van der Waals surface area contributed by atoms with Crippen LogP contribution in [0.15, 0.2) is 36.7 Å². The average molecular weight is 259 g/mol. The van der Waals surface area contributed by atoms with Crippen LogP contribution in [0.5, 0.6) is 5.75 Å². The first-order chi connectivity index (χ1) is 9.02. The van der Waals surface area contributed by atoms with Crippen molar-refractivity contribution in [2.75, 3.05) is 7.11 Å². The maximum absolute atomic E-state index is 11.3. The number of methoxy groups -OCH3 is 1. The van der Waals surface area contributed by atoms with Crippen LogP contribution in [-0.4, -0.2) is 22.8 Å². The van der Waals surface area contributed by atoms with Gasteiger partial charge in [-0.1, -0.05) is 12.1 Å². The van der Waals surface area contributed by atoms with E-state index in [-0.39, 0.29) is 6.04 Å². The fourth-order valence-corrected chi connectivity index (χ4v) is 1.94. The molecule has 0 radical (unpaired) electrons. The van der Waals surface area contributed by atoms with Gasteiger partial charge in [-0.15, -0.1) is 0 Å². The summed E-state index contributed by atoms with van der Waals surface area (Å²) in [6.45, 7) is 4.03. The average Bonchev–Trinajstić information content (AvgIpc) is 2.84. The first-order valence-corrected chi connectivity index (χ1v) is 6.12. The van der Waals surface area contributed by atoms with Gasteiger partial charge in [0.2, 0.25) is 0 Å². The smallest absolute Gasteiger partial charge is 0.337 e. The summed E-state index contributed by atoms with van der Waals surface area (Å²) < 4.78 is 7.01. The second kappa shape index (κ2) is 5.18. The van der Waals surface area contributed by atoms with Gasteiger partial charge in [-0.25, -0.2) is 4.79 Å². The van der Waals surface area contributed by atoms with Gasteiger partial charge in [0.15, 0.2) is 0 Å². The zero-order valence-electron chi connectivity index (χ0n) is 11.3. The van der Waals surface area contributed by atoms with Crippen molar-refractivity contribution in [2.24, 2.45) is 0 Å². The maximum Gasteiger partial charge on any atom is 0.337 e. The van der Waals surface area contributed by atoms with E-state index in [1.165, 1.54) is 0 Å². The Morgan fingerprint density at radius 2 is 1.84 bits per heavy atom. The van der Waals surface area contributed by atoms with Crippen LogP contribution in [0.3, 0.4) is 0 Å². The van der Waals surface area contributed by atoms with Crippen LogP contribution in [0.4, 0.5) is 0 Å². The van der Waals surface area contributed by atoms with Gasteiger partial charge in [0, 0.05) is 24.0 Å². The number of aromatic carboxylic acids is 1. The molecule has 0 saturated heterocycles. The molecule has 1 N–H and O–H groups in total. The predicted molar refractivity (Wildman–Crippen MR) is 73.8 cm³/mol. The molecule has 4 heteroatoms. The Bertz CT molecular complexity index is 582. The number of carboxylic acid groups (broad SMARTS) is 1. The summed E-state index contributed by atoms with van der Waals surface area (Å²) in [5.74, 6) is -0.158. The first-order valence-electron chi connectivity index (χ1n) is 6.12. The first kappa shape index (κ1) is 13.2. The molecular weight excluding hydrogens is 242 g/mol. The Morgan fingerprint density at radius 1 is 1.21 bits per heavy atom. The van der Waals surface area contributed by atoms with E-state index in [1.54, 1.807) is 13.3 Å². The molecule has 2 rings (SSSR count). The number of hydrogen-bond acceptors (Lipinski definition) is 2. The zero-order valence-corrected chi connectivity index (χ0v) is 11.3. The highest BCUT2D eigenvalue weighted by molar-refractivity contribution is 5.96. The summed E-state index contributed by atoms with van der Waals surface area (Å²) in [6.07, 6.45) is 3.54. The molecule has 0 aliphatic heterocycles. The lowest BCUT2D eigenvalue weighted by molar-refractivity contribution is 0.0697. The van der Waals surface area contributed by atoms with Gasteiger partial charge in [0.1, 0.15) is 5.75 Å². The monoisotopic (exact) mass is 259 g/mol. The van der Waals surface area contributed by atoms with Crippen LogP contribution in [-0.2, 0) is 0 Å². The van der Waals surface area contributed by atoms with Crippen LogP contribution in [0.2, 0.25) is 0 Å². The molecule has 2 aromatic rings. The quantitative estimate of drug-likeness (QED) is 0.915. The second-order valence-corrected chi connectivity index (χ2v) is 4.66. The van der Waals surface area contributed by atoms with E-state index in [0.29, 0.717) is 5.56 Å². The molecule has 0 atom stereocenters. The summed E-state index contributed by atoms with van der Waals surface area (Å²) in [4.78, 5) is 11.3. The number of aromatic nitrogens is 1. The highest BCUT2D eigenvalue weighted by Gasteiger charge is 2.16. The summed E-state index contributed by atoms with van der Waals surface area (Å²) in [5, 5.41) is 9.28. The van der Waals surface area contributed by atoms with E-state index in [9.17, 15) is 9.90 Å². The maximum atomic E-state index is 11.3. The molecule has 0 fully saturated rings. The summed E-state index contributed by atoms with van der Waals surface area (Å²) in [6, 6.07) is 7.61.